The molecule has 7 nitrogen and oxygen atoms in total. The van der Waals surface area contributed by atoms with Crippen LogP contribution < -0.4 is 14.4 Å². The van der Waals surface area contributed by atoms with Crippen LogP contribution in [-0.2, 0) is 0 Å². The molecule has 3 aliphatic rings. The van der Waals surface area contributed by atoms with Gasteiger partial charge in [-0.1, -0.05) is 24.4 Å². The Hall–Kier alpha value is -2.00. The van der Waals surface area contributed by atoms with Crippen LogP contribution in [0.4, 0.5) is 14.6 Å². The van der Waals surface area contributed by atoms with Crippen molar-refractivity contribution in [1.29, 1.82) is 0 Å². The van der Waals surface area contributed by atoms with E-state index >= 15 is 4.39 Å². The van der Waals surface area contributed by atoms with Gasteiger partial charge in [-0.3, -0.25) is 4.90 Å². The predicted octanol–water partition coefficient (Wildman–Crippen LogP) is 4.55. The highest BCUT2D eigenvalue weighted by Gasteiger charge is 2.49. The van der Waals surface area contributed by atoms with Crippen LogP contribution in [0.5, 0.6) is 11.9 Å². The first kappa shape index (κ1) is 22.8. The summed E-state index contributed by atoms with van der Waals surface area (Å²) >= 11 is 6.06. The van der Waals surface area contributed by atoms with Gasteiger partial charge in [-0.15, -0.1) is 0 Å². The highest BCUT2D eigenvalue weighted by Crippen LogP contribution is 2.41. The second-order valence-electron chi connectivity index (χ2n) is 9.54. The van der Waals surface area contributed by atoms with Crippen LogP contribution in [-0.4, -0.2) is 71.0 Å². The van der Waals surface area contributed by atoms with Gasteiger partial charge in [-0.25, -0.2) is 8.78 Å². The molecular weight excluding hydrogens is 452 g/mol. The molecule has 0 aliphatic carbocycles. The van der Waals surface area contributed by atoms with Gasteiger partial charge in [-0.2, -0.15) is 15.0 Å². The first-order valence-corrected chi connectivity index (χ1v) is 12.2. The van der Waals surface area contributed by atoms with Crippen LogP contribution in [0.3, 0.4) is 0 Å². The molecule has 0 saturated carbocycles. The normalized spacial score (nSPS) is 28.2. The predicted molar refractivity (Wildman–Crippen MR) is 123 cm³/mol. The molecule has 0 radical (unpaired) electrons. The van der Waals surface area contributed by atoms with Gasteiger partial charge < -0.3 is 14.4 Å². The molecule has 0 bridgehead atoms. The minimum absolute atomic E-state index is 0.0267. The van der Waals surface area contributed by atoms with E-state index in [1.807, 2.05) is 0 Å². The molecule has 33 heavy (non-hydrogen) atoms. The molecule has 3 saturated heterocycles. The standard InChI is InChI=1S/C23H30ClF2N5O2/c1-14-7-4-3-5-10-31(14)20-16-18(17(26)19(24)28-21(16)32-2)27-22(29-20)33-13-23-8-6-9-30(23)12-15(25)11-23/h14-15H,3-13H2,1-2H3/t14?,15-,23+/m1/s1. The zero-order valence-corrected chi connectivity index (χ0v) is 19.9. The number of aromatic nitrogens is 3. The third-order valence-electron chi connectivity index (χ3n) is 7.42. The van der Waals surface area contributed by atoms with Gasteiger partial charge in [0.15, 0.2) is 11.0 Å². The molecule has 1 unspecified atom stereocenters. The fraction of sp³-hybridized carbons (Fsp3) is 0.696. The molecule has 10 heteroatoms. The zero-order chi connectivity index (χ0) is 23.2. The quantitative estimate of drug-likeness (QED) is 0.580. The number of rotatable bonds is 5. The lowest BCUT2D eigenvalue weighted by Crippen LogP contribution is -2.43. The van der Waals surface area contributed by atoms with Crippen molar-refractivity contribution < 1.29 is 18.3 Å². The molecule has 180 valence electrons. The van der Waals surface area contributed by atoms with Crippen molar-refractivity contribution >= 4 is 28.3 Å². The van der Waals surface area contributed by atoms with Crippen LogP contribution in [0.15, 0.2) is 0 Å². The van der Waals surface area contributed by atoms with Gasteiger partial charge in [0.25, 0.3) is 0 Å². The van der Waals surface area contributed by atoms with Crippen molar-refractivity contribution in [3.8, 4) is 11.9 Å². The minimum Gasteiger partial charge on any atom is -0.480 e. The third kappa shape index (κ3) is 4.07. The summed E-state index contributed by atoms with van der Waals surface area (Å²) in [7, 11) is 1.47. The monoisotopic (exact) mass is 481 g/mol. The first-order valence-electron chi connectivity index (χ1n) is 11.8. The number of hydrogen-bond acceptors (Lipinski definition) is 7. The molecule has 2 aromatic rings. The summed E-state index contributed by atoms with van der Waals surface area (Å²) in [6.07, 6.45) is 5.74. The Morgan fingerprint density at radius 2 is 2.00 bits per heavy atom. The van der Waals surface area contributed by atoms with E-state index in [2.05, 4.69) is 26.7 Å². The fourth-order valence-corrected chi connectivity index (χ4v) is 5.90. The number of halogens is 3. The van der Waals surface area contributed by atoms with Gasteiger partial charge in [0, 0.05) is 25.6 Å². The molecule has 0 spiro atoms. The van der Waals surface area contributed by atoms with Crippen LogP contribution in [0.25, 0.3) is 10.9 Å². The average molecular weight is 482 g/mol. The zero-order valence-electron chi connectivity index (χ0n) is 19.1. The Morgan fingerprint density at radius 3 is 2.82 bits per heavy atom. The number of pyridine rings is 1. The molecule has 3 fully saturated rings. The SMILES string of the molecule is COc1nc(Cl)c(F)c2nc(OC[C@@]34CCCN3C[C@H](F)C4)nc(N3CCCCCC3C)c12. The summed E-state index contributed by atoms with van der Waals surface area (Å²) in [4.78, 5) is 17.5. The smallest absolute Gasteiger partial charge is 0.319 e. The molecule has 2 aromatic heterocycles. The van der Waals surface area contributed by atoms with Crippen LogP contribution in [0, 0.1) is 5.82 Å². The molecule has 0 N–H and O–H groups in total. The molecule has 3 aliphatic heterocycles. The van der Waals surface area contributed by atoms with Gasteiger partial charge in [0.05, 0.1) is 12.6 Å². The summed E-state index contributed by atoms with van der Waals surface area (Å²) in [6, 6.07) is 0.272. The van der Waals surface area contributed by atoms with Crippen molar-refractivity contribution in [2.75, 3.05) is 38.3 Å². The maximum absolute atomic E-state index is 15.2. The lowest BCUT2D eigenvalue weighted by Gasteiger charge is -2.32. The molecule has 5 heterocycles. The number of alkyl halides is 1. The van der Waals surface area contributed by atoms with E-state index in [1.165, 1.54) is 7.11 Å². The summed E-state index contributed by atoms with van der Waals surface area (Å²) < 4.78 is 40.9. The van der Waals surface area contributed by atoms with E-state index in [0.717, 1.165) is 51.6 Å². The molecular formula is C23H30ClF2N5O2. The highest BCUT2D eigenvalue weighted by molar-refractivity contribution is 6.30. The van der Waals surface area contributed by atoms with Crippen LogP contribution >= 0.6 is 11.6 Å². The number of anilines is 1. The van der Waals surface area contributed by atoms with Crippen molar-refractivity contribution in [2.45, 2.75) is 69.6 Å². The average Bonchev–Trinajstić information content (AvgIpc) is 3.23. The number of ether oxygens (including phenoxy) is 2. The second-order valence-corrected chi connectivity index (χ2v) is 9.89. The molecule has 5 rings (SSSR count). The van der Waals surface area contributed by atoms with Gasteiger partial charge in [0.1, 0.15) is 29.5 Å². The summed E-state index contributed by atoms with van der Waals surface area (Å²) in [5, 5.41) is 0.0846. The van der Waals surface area contributed by atoms with E-state index in [4.69, 9.17) is 26.1 Å². The van der Waals surface area contributed by atoms with Crippen LogP contribution in [0.1, 0.15) is 51.9 Å². The van der Waals surface area contributed by atoms with Gasteiger partial charge >= 0.3 is 6.01 Å². The lowest BCUT2D eigenvalue weighted by atomic mass is 9.95. The van der Waals surface area contributed by atoms with Crippen LogP contribution in [0.2, 0.25) is 5.15 Å². The topological polar surface area (TPSA) is 63.6 Å². The Labute approximate surface area is 197 Å². The number of fused-ring (bicyclic) bond motifs is 2. The van der Waals surface area contributed by atoms with Crippen molar-refractivity contribution in [3.63, 3.8) is 0 Å². The largest absolute Gasteiger partial charge is 0.480 e. The molecule has 3 atom stereocenters. The third-order valence-corrected chi connectivity index (χ3v) is 7.67. The Bertz CT molecular complexity index is 1040. The van der Waals surface area contributed by atoms with E-state index < -0.39 is 12.0 Å². The van der Waals surface area contributed by atoms with Crippen molar-refractivity contribution in [3.05, 3.63) is 11.0 Å². The number of nitrogens with zero attached hydrogens (tertiary/aromatic N) is 5. The second kappa shape index (κ2) is 8.98. The van der Waals surface area contributed by atoms with Crippen molar-refractivity contribution in [1.82, 2.24) is 19.9 Å². The maximum Gasteiger partial charge on any atom is 0.319 e. The Kier molecular flexibility index (Phi) is 6.20. The number of methoxy groups -OCH3 is 1. The fourth-order valence-electron chi connectivity index (χ4n) is 5.73. The summed E-state index contributed by atoms with van der Waals surface area (Å²) in [5.41, 5.74) is -0.321. The lowest BCUT2D eigenvalue weighted by molar-refractivity contribution is 0.107. The summed E-state index contributed by atoms with van der Waals surface area (Å²) in [5.74, 6) is -0.000283. The van der Waals surface area contributed by atoms with Gasteiger partial charge in [-0.05, 0) is 39.2 Å². The van der Waals surface area contributed by atoms with Gasteiger partial charge in [0.2, 0.25) is 5.88 Å². The van der Waals surface area contributed by atoms with E-state index in [9.17, 15) is 4.39 Å². The molecule has 0 amide bonds. The van der Waals surface area contributed by atoms with E-state index in [1.54, 1.807) is 0 Å². The van der Waals surface area contributed by atoms with E-state index in [-0.39, 0.29) is 40.7 Å². The highest BCUT2D eigenvalue weighted by atomic mass is 35.5. The Morgan fingerprint density at radius 1 is 1.15 bits per heavy atom. The number of hydrogen-bond donors (Lipinski definition) is 0. The Balaban J connectivity index is 1.57. The van der Waals surface area contributed by atoms with Crippen molar-refractivity contribution in [2.24, 2.45) is 0 Å². The van der Waals surface area contributed by atoms with E-state index in [0.29, 0.717) is 24.2 Å². The minimum atomic E-state index is -0.855. The molecule has 0 aromatic carbocycles. The maximum atomic E-state index is 15.2. The first-order chi connectivity index (χ1) is 15.9. The summed E-state index contributed by atoms with van der Waals surface area (Å²) in [6.45, 7) is 4.49.